The number of hydrogen-bond donors (Lipinski definition) is 1. The molecule has 2 unspecified atom stereocenters. The summed E-state index contributed by atoms with van der Waals surface area (Å²) in [6.07, 6.45) is 8.27. The summed E-state index contributed by atoms with van der Waals surface area (Å²) in [5.41, 5.74) is 0.376. The molecule has 0 bridgehead atoms. The number of nitrogens with one attached hydrogen (secondary N) is 1. The molecule has 0 amide bonds. The topological polar surface area (TPSA) is 12.0 Å². The third-order valence-corrected chi connectivity index (χ3v) is 4.42. The van der Waals surface area contributed by atoms with Crippen molar-refractivity contribution in [2.75, 3.05) is 6.54 Å². The molecule has 1 rings (SSSR count). The maximum absolute atomic E-state index is 3.79. The number of hydrogen-bond acceptors (Lipinski definition) is 1. The molecule has 0 aromatic heterocycles. The summed E-state index contributed by atoms with van der Waals surface area (Å²) >= 11 is 0. The molecule has 0 radical (unpaired) electrons. The minimum atomic E-state index is 0.376. The highest BCUT2D eigenvalue weighted by atomic mass is 15.0. The molecule has 15 heavy (non-hydrogen) atoms. The van der Waals surface area contributed by atoms with E-state index in [2.05, 4.69) is 33.0 Å². The largest absolute Gasteiger partial charge is 0.311 e. The second-order valence-corrected chi connectivity index (χ2v) is 5.79. The molecule has 1 aliphatic rings. The molecule has 1 heteroatoms. The van der Waals surface area contributed by atoms with E-state index < -0.39 is 0 Å². The zero-order valence-electron chi connectivity index (χ0n) is 11.1. The van der Waals surface area contributed by atoms with E-state index in [0.717, 1.165) is 11.8 Å². The van der Waals surface area contributed by atoms with Gasteiger partial charge in [-0.3, -0.25) is 0 Å². The van der Waals surface area contributed by atoms with Crippen LogP contribution < -0.4 is 5.32 Å². The summed E-state index contributed by atoms with van der Waals surface area (Å²) in [6, 6.07) is 0. The molecule has 0 aliphatic heterocycles. The van der Waals surface area contributed by atoms with Crippen LogP contribution in [0.25, 0.3) is 0 Å². The molecule has 2 atom stereocenters. The highest BCUT2D eigenvalue weighted by Crippen LogP contribution is 2.28. The van der Waals surface area contributed by atoms with Crippen LogP contribution in [0, 0.1) is 11.8 Å². The number of rotatable bonds is 5. The van der Waals surface area contributed by atoms with Gasteiger partial charge in [-0.1, -0.05) is 33.6 Å². The van der Waals surface area contributed by atoms with E-state index in [1.165, 1.54) is 45.1 Å². The third-order valence-electron chi connectivity index (χ3n) is 4.42. The second kappa shape index (κ2) is 5.89. The Hall–Kier alpha value is -0.0400. The van der Waals surface area contributed by atoms with Gasteiger partial charge in [-0.2, -0.15) is 0 Å². The third kappa shape index (κ3) is 4.14. The van der Waals surface area contributed by atoms with Crippen LogP contribution >= 0.6 is 0 Å². The van der Waals surface area contributed by atoms with Crippen molar-refractivity contribution < 1.29 is 0 Å². The van der Waals surface area contributed by atoms with Gasteiger partial charge in [0.2, 0.25) is 0 Å². The van der Waals surface area contributed by atoms with Crippen molar-refractivity contribution >= 4 is 0 Å². The van der Waals surface area contributed by atoms with Crippen LogP contribution in [0.2, 0.25) is 0 Å². The quantitative estimate of drug-likeness (QED) is 0.725. The molecular weight excluding hydrogens is 182 g/mol. The van der Waals surface area contributed by atoms with Gasteiger partial charge in [0.1, 0.15) is 0 Å². The van der Waals surface area contributed by atoms with E-state index in [-0.39, 0.29) is 0 Å². The van der Waals surface area contributed by atoms with Gasteiger partial charge in [0.25, 0.3) is 0 Å². The summed E-state index contributed by atoms with van der Waals surface area (Å²) in [6.45, 7) is 10.6. The molecule has 1 saturated carbocycles. The van der Waals surface area contributed by atoms with Crippen LogP contribution in [0.1, 0.15) is 66.2 Å². The predicted octanol–water partition coefficient (Wildman–Crippen LogP) is 3.98. The van der Waals surface area contributed by atoms with Gasteiger partial charge < -0.3 is 5.32 Å². The van der Waals surface area contributed by atoms with Crippen LogP contribution in [0.3, 0.4) is 0 Å². The zero-order chi connectivity index (χ0) is 11.3. The van der Waals surface area contributed by atoms with E-state index in [1.807, 2.05) is 0 Å². The molecule has 0 spiro atoms. The average Bonchev–Trinajstić information content (AvgIpc) is 2.26. The first kappa shape index (κ1) is 13.0. The smallest absolute Gasteiger partial charge is 0.0148 e. The lowest BCUT2D eigenvalue weighted by molar-refractivity contribution is 0.237. The van der Waals surface area contributed by atoms with Crippen LogP contribution in [0.5, 0.6) is 0 Å². The van der Waals surface area contributed by atoms with Gasteiger partial charge in [0.05, 0.1) is 0 Å². The molecule has 1 fully saturated rings. The molecule has 0 aromatic rings. The van der Waals surface area contributed by atoms with Crippen LogP contribution in [-0.2, 0) is 0 Å². The Morgan fingerprint density at radius 1 is 1.20 bits per heavy atom. The fraction of sp³-hybridized carbons (Fsp3) is 1.00. The lowest BCUT2D eigenvalue weighted by Crippen LogP contribution is -2.44. The summed E-state index contributed by atoms with van der Waals surface area (Å²) in [7, 11) is 0. The van der Waals surface area contributed by atoms with E-state index in [0.29, 0.717) is 5.54 Å². The lowest BCUT2D eigenvalue weighted by Gasteiger charge is -2.33. The van der Waals surface area contributed by atoms with Gasteiger partial charge in [-0.15, -0.1) is 0 Å². The van der Waals surface area contributed by atoms with Crippen LogP contribution in [0.15, 0.2) is 0 Å². The summed E-state index contributed by atoms with van der Waals surface area (Å²) in [5, 5.41) is 3.79. The Balaban J connectivity index is 2.29. The monoisotopic (exact) mass is 211 g/mol. The van der Waals surface area contributed by atoms with E-state index in [1.54, 1.807) is 0 Å². The molecule has 0 saturated heterocycles. The van der Waals surface area contributed by atoms with Gasteiger partial charge in [0.15, 0.2) is 0 Å². The van der Waals surface area contributed by atoms with Crippen LogP contribution in [0.4, 0.5) is 0 Å². The van der Waals surface area contributed by atoms with Gasteiger partial charge in [-0.05, 0) is 51.0 Å². The van der Waals surface area contributed by atoms with E-state index in [9.17, 15) is 0 Å². The molecule has 90 valence electrons. The average molecular weight is 211 g/mol. The molecule has 0 heterocycles. The Bertz CT molecular complexity index is 172. The molecule has 1 N–H and O–H groups in total. The van der Waals surface area contributed by atoms with Gasteiger partial charge in [0, 0.05) is 5.54 Å². The van der Waals surface area contributed by atoms with Crippen molar-refractivity contribution in [3.63, 3.8) is 0 Å². The summed E-state index contributed by atoms with van der Waals surface area (Å²) in [5.74, 6) is 1.89. The van der Waals surface area contributed by atoms with Crippen LogP contribution in [-0.4, -0.2) is 12.1 Å². The molecule has 0 aromatic carbocycles. The summed E-state index contributed by atoms with van der Waals surface area (Å²) < 4.78 is 0. The Morgan fingerprint density at radius 2 is 1.87 bits per heavy atom. The Kier molecular flexibility index (Phi) is 5.11. The van der Waals surface area contributed by atoms with Crippen molar-refractivity contribution in [2.45, 2.75) is 71.8 Å². The van der Waals surface area contributed by atoms with Crippen molar-refractivity contribution in [2.24, 2.45) is 11.8 Å². The second-order valence-electron chi connectivity index (χ2n) is 5.79. The first-order valence-corrected chi connectivity index (χ1v) is 6.84. The fourth-order valence-corrected chi connectivity index (χ4v) is 2.64. The Labute approximate surface area is 96.0 Å². The molecule has 1 aliphatic carbocycles. The van der Waals surface area contributed by atoms with Crippen molar-refractivity contribution in [1.82, 2.24) is 5.32 Å². The normalized spacial score (nSPS) is 28.0. The maximum Gasteiger partial charge on any atom is 0.0148 e. The first-order chi connectivity index (χ1) is 7.09. The first-order valence-electron chi connectivity index (χ1n) is 6.84. The highest BCUT2D eigenvalue weighted by molar-refractivity contribution is 4.82. The lowest BCUT2D eigenvalue weighted by atomic mass is 9.82. The zero-order valence-corrected chi connectivity index (χ0v) is 11.1. The maximum atomic E-state index is 3.79. The minimum absolute atomic E-state index is 0.376. The highest BCUT2D eigenvalue weighted by Gasteiger charge is 2.23. The standard InChI is InChI=1S/C14H29N/c1-5-14(4,6-2)15-11-13-9-7-8-12(3)10-13/h12-13,15H,5-11H2,1-4H3. The summed E-state index contributed by atoms with van der Waals surface area (Å²) in [4.78, 5) is 0. The van der Waals surface area contributed by atoms with E-state index in [4.69, 9.17) is 0 Å². The molecule has 1 nitrogen and oxygen atoms in total. The predicted molar refractivity (Wildman–Crippen MR) is 68.1 cm³/mol. The van der Waals surface area contributed by atoms with Gasteiger partial charge in [-0.25, -0.2) is 0 Å². The van der Waals surface area contributed by atoms with E-state index >= 15 is 0 Å². The van der Waals surface area contributed by atoms with Crippen molar-refractivity contribution in [1.29, 1.82) is 0 Å². The molecular formula is C14H29N. The van der Waals surface area contributed by atoms with Gasteiger partial charge >= 0.3 is 0 Å². The minimum Gasteiger partial charge on any atom is -0.311 e. The Morgan fingerprint density at radius 3 is 2.40 bits per heavy atom. The van der Waals surface area contributed by atoms with Crippen molar-refractivity contribution in [3.05, 3.63) is 0 Å². The fourth-order valence-electron chi connectivity index (χ4n) is 2.64. The SMILES string of the molecule is CCC(C)(CC)NCC1CCCC(C)C1. The van der Waals surface area contributed by atoms with Crippen molar-refractivity contribution in [3.8, 4) is 0 Å².